The summed E-state index contributed by atoms with van der Waals surface area (Å²) in [5.74, 6) is -0.289. The van der Waals surface area contributed by atoms with E-state index >= 15 is 0 Å². The lowest BCUT2D eigenvalue weighted by molar-refractivity contribution is 0.199. The van der Waals surface area contributed by atoms with Crippen LogP contribution in [-0.4, -0.2) is 35.3 Å². The molecule has 96 valence electrons. The van der Waals surface area contributed by atoms with Crippen LogP contribution in [0.15, 0.2) is 30.5 Å². The van der Waals surface area contributed by atoms with Gasteiger partial charge in [-0.05, 0) is 18.2 Å². The zero-order valence-electron chi connectivity index (χ0n) is 10.1. The number of nitrogens with zero attached hydrogens (tertiary/aromatic N) is 3. The molecule has 18 heavy (non-hydrogen) atoms. The van der Waals surface area contributed by atoms with Crippen molar-refractivity contribution in [3.8, 4) is 5.69 Å². The first kappa shape index (κ1) is 12.7. The Kier molecular flexibility index (Phi) is 4.38. The molecular formula is C12H15FN4O. The predicted octanol–water partition coefficient (Wildman–Crippen LogP) is 1.14. The number of benzene rings is 1. The van der Waals surface area contributed by atoms with Gasteiger partial charge in [-0.25, -0.2) is 9.07 Å². The maximum atomic E-state index is 13.1. The fourth-order valence-corrected chi connectivity index (χ4v) is 1.51. The first-order valence-corrected chi connectivity index (χ1v) is 5.66. The lowest BCUT2D eigenvalue weighted by Gasteiger charge is -2.00. The molecule has 6 heteroatoms. The molecule has 0 spiro atoms. The molecule has 1 N–H and O–H groups in total. The fourth-order valence-electron chi connectivity index (χ4n) is 1.51. The van der Waals surface area contributed by atoms with E-state index in [0.29, 0.717) is 18.8 Å². The van der Waals surface area contributed by atoms with Crippen molar-refractivity contribution < 1.29 is 9.13 Å². The molecule has 5 nitrogen and oxygen atoms in total. The largest absolute Gasteiger partial charge is 0.383 e. The summed E-state index contributed by atoms with van der Waals surface area (Å²) in [5, 5.41) is 11.1. The smallest absolute Gasteiger partial charge is 0.125 e. The van der Waals surface area contributed by atoms with Crippen LogP contribution in [0.25, 0.3) is 5.69 Å². The molecule has 0 amide bonds. The van der Waals surface area contributed by atoms with Crippen molar-refractivity contribution >= 4 is 0 Å². The van der Waals surface area contributed by atoms with Gasteiger partial charge in [0, 0.05) is 20.2 Å². The Labute approximate surface area is 105 Å². The van der Waals surface area contributed by atoms with Crippen LogP contribution in [0.2, 0.25) is 0 Å². The Morgan fingerprint density at radius 2 is 2.33 bits per heavy atom. The molecule has 0 bridgehead atoms. The lowest BCUT2D eigenvalue weighted by Crippen LogP contribution is -2.18. The average molecular weight is 250 g/mol. The monoisotopic (exact) mass is 250 g/mol. The van der Waals surface area contributed by atoms with Gasteiger partial charge < -0.3 is 10.1 Å². The van der Waals surface area contributed by atoms with E-state index in [4.69, 9.17) is 4.74 Å². The molecule has 0 radical (unpaired) electrons. The molecule has 0 fully saturated rings. The molecule has 0 atom stereocenters. The summed E-state index contributed by atoms with van der Waals surface area (Å²) in [5.41, 5.74) is 1.46. The fraction of sp³-hybridized carbons (Fsp3) is 0.333. The van der Waals surface area contributed by atoms with Gasteiger partial charge in [0.2, 0.25) is 0 Å². The van der Waals surface area contributed by atoms with Gasteiger partial charge in [0.25, 0.3) is 0 Å². The number of halogens is 1. The normalized spacial score (nSPS) is 10.8. The quantitative estimate of drug-likeness (QED) is 0.781. The van der Waals surface area contributed by atoms with Crippen LogP contribution in [0.4, 0.5) is 4.39 Å². The number of methoxy groups -OCH3 is 1. The number of hydrogen-bond donors (Lipinski definition) is 1. The number of nitrogens with one attached hydrogen (secondary N) is 1. The molecule has 0 saturated heterocycles. The minimum Gasteiger partial charge on any atom is -0.383 e. The second-order valence-electron chi connectivity index (χ2n) is 3.80. The minimum atomic E-state index is -0.289. The summed E-state index contributed by atoms with van der Waals surface area (Å²) >= 11 is 0. The standard InChI is InChI=1S/C12H15FN4O/c1-18-6-5-14-8-11-9-17(16-15-11)12-4-2-3-10(13)7-12/h2-4,7,9,14H,5-6,8H2,1H3. The third kappa shape index (κ3) is 3.35. The van der Waals surface area contributed by atoms with Crippen molar-refractivity contribution in [2.45, 2.75) is 6.54 Å². The van der Waals surface area contributed by atoms with Crippen LogP contribution in [0, 0.1) is 5.82 Å². The van der Waals surface area contributed by atoms with Crippen LogP contribution in [0.1, 0.15) is 5.69 Å². The van der Waals surface area contributed by atoms with E-state index in [9.17, 15) is 4.39 Å². The molecule has 1 aromatic carbocycles. The zero-order valence-corrected chi connectivity index (χ0v) is 10.1. The highest BCUT2D eigenvalue weighted by molar-refractivity contribution is 5.30. The average Bonchev–Trinajstić information content (AvgIpc) is 2.83. The van der Waals surface area contributed by atoms with Crippen molar-refractivity contribution in [2.75, 3.05) is 20.3 Å². The van der Waals surface area contributed by atoms with E-state index in [0.717, 1.165) is 12.2 Å². The molecule has 2 rings (SSSR count). The summed E-state index contributed by atoms with van der Waals surface area (Å²) in [4.78, 5) is 0. The number of ether oxygens (including phenoxy) is 1. The van der Waals surface area contributed by atoms with E-state index in [1.54, 1.807) is 30.1 Å². The highest BCUT2D eigenvalue weighted by Crippen LogP contribution is 2.08. The van der Waals surface area contributed by atoms with Gasteiger partial charge in [0.05, 0.1) is 24.2 Å². The summed E-state index contributed by atoms with van der Waals surface area (Å²) in [7, 11) is 1.65. The Bertz CT molecular complexity index is 500. The van der Waals surface area contributed by atoms with Gasteiger partial charge in [-0.15, -0.1) is 5.10 Å². The molecule has 1 aromatic heterocycles. The zero-order chi connectivity index (χ0) is 12.8. The van der Waals surface area contributed by atoms with E-state index in [2.05, 4.69) is 15.6 Å². The van der Waals surface area contributed by atoms with E-state index < -0.39 is 0 Å². The molecule has 2 aromatic rings. The highest BCUT2D eigenvalue weighted by Gasteiger charge is 2.03. The van der Waals surface area contributed by atoms with Crippen LogP contribution < -0.4 is 5.32 Å². The van der Waals surface area contributed by atoms with Crippen molar-refractivity contribution in [3.05, 3.63) is 42.0 Å². The molecule has 0 aliphatic heterocycles. The minimum absolute atomic E-state index is 0.289. The van der Waals surface area contributed by atoms with Crippen molar-refractivity contribution in [2.24, 2.45) is 0 Å². The first-order valence-electron chi connectivity index (χ1n) is 5.66. The molecule has 0 aliphatic rings. The summed E-state index contributed by atoms with van der Waals surface area (Å²) in [6, 6.07) is 6.23. The number of hydrogen-bond acceptors (Lipinski definition) is 4. The maximum absolute atomic E-state index is 13.1. The van der Waals surface area contributed by atoms with Crippen LogP contribution in [0.3, 0.4) is 0 Å². The Balaban J connectivity index is 1.97. The SMILES string of the molecule is COCCNCc1cn(-c2cccc(F)c2)nn1. The molecule has 1 heterocycles. The van der Waals surface area contributed by atoms with Gasteiger partial charge in [0.15, 0.2) is 0 Å². The molecule has 0 saturated carbocycles. The van der Waals surface area contributed by atoms with Crippen LogP contribution in [-0.2, 0) is 11.3 Å². The van der Waals surface area contributed by atoms with Gasteiger partial charge in [-0.1, -0.05) is 11.3 Å². The Morgan fingerprint density at radius 1 is 1.44 bits per heavy atom. The second kappa shape index (κ2) is 6.23. The van der Waals surface area contributed by atoms with Gasteiger partial charge >= 0.3 is 0 Å². The highest BCUT2D eigenvalue weighted by atomic mass is 19.1. The summed E-state index contributed by atoms with van der Waals surface area (Å²) in [6.07, 6.45) is 1.77. The second-order valence-corrected chi connectivity index (χ2v) is 3.80. The topological polar surface area (TPSA) is 52.0 Å². The molecule has 0 unspecified atom stereocenters. The number of rotatable bonds is 6. The number of aromatic nitrogens is 3. The third-order valence-corrected chi connectivity index (χ3v) is 2.40. The molecule has 0 aliphatic carbocycles. The van der Waals surface area contributed by atoms with Crippen molar-refractivity contribution in [1.29, 1.82) is 0 Å². The van der Waals surface area contributed by atoms with Crippen molar-refractivity contribution in [1.82, 2.24) is 20.3 Å². The summed E-state index contributed by atoms with van der Waals surface area (Å²) in [6.45, 7) is 2.01. The van der Waals surface area contributed by atoms with E-state index in [1.807, 2.05) is 0 Å². The molecular weight excluding hydrogens is 235 g/mol. The van der Waals surface area contributed by atoms with E-state index in [-0.39, 0.29) is 5.82 Å². The van der Waals surface area contributed by atoms with Gasteiger partial charge in [-0.3, -0.25) is 0 Å². The Hall–Kier alpha value is -1.79. The lowest BCUT2D eigenvalue weighted by atomic mass is 10.3. The van der Waals surface area contributed by atoms with Crippen LogP contribution >= 0.6 is 0 Å². The predicted molar refractivity (Wildman–Crippen MR) is 64.9 cm³/mol. The van der Waals surface area contributed by atoms with Gasteiger partial charge in [0.1, 0.15) is 5.82 Å². The van der Waals surface area contributed by atoms with E-state index in [1.165, 1.54) is 12.1 Å². The van der Waals surface area contributed by atoms with Gasteiger partial charge in [-0.2, -0.15) is 0 Å². The van der Waals surface area contributed by atoms with Crippen molar-refractivity contribution in [3.63, 3.8) is 0 Å². The Morgan fingerprint density at radius 3 is 3.11 bits per heavy atom. The maximum Gasteiger partial charge on any atom is 0.125 e. The third-order valence-electron chi connectivity index (χ3n) is 2.40. The van der Waals surface area contributed by atoms with Crippen LogP contribution in [0.5, 0.6) is 0 Å². The first-order chi connectivity index (χ1) is 8.79. The summed E-state index contributed by atoms with van der Waals surface area (Å²) < 4.78 is 19.5.